The summed E-state index contributed by atoms with van der Waals surface area (Å²) in [6.45, 7) is 0.179. The molecule has 0 spiro atoms. The fraction of sp³-hybridized carbons (Fsp3) is 0.556. The predicted octanol–water partition coefficient (Wildman–Crippen LogP) is 3.30. The van der Waals surface area contributed by atoms with Crippen LogP contribution in [0.2, 0.25) is 0 Å². The molecule has 0 N–H and O–H groups in total. The summed E-state index contributed by atoms with van der Waals surface area (Å²) in [5.41, 5.74) is 9.94. The van der Waals surface area contributed by atoms with Gasteiger partial charge in [0.05, 0.1) is 6.04 Å². The predicted molar refractivity (Wildman–Crippen MR) is 89.4 cm³/mol. The van der Waals surface area contributed by atoms with E-state index in [1.165, 1.54) is 11.3 Å². The van der Waals surface area contributed by atoms with E-state index < -0.39 is 18.0 Å². The molecule has 5 atom stereocenters. The summed E-state index contributed by atoms with van der Waals surface area (Å²) >= 11 is 0. The molecule has 1 heterocycles. The van der Waals surface area contributed by atoms with Gasteiger partial charge < -0.3 is 4.74 Å². The lowest BCUT2D eigenvalue weighted by Gasteiger charge is -2.26. The van der Waals surface area contributed by atoms with Crippen molar-refractivity contribution in [1.82, 2.24) is 4.90 Å². The highest BCUT2D eigenvalue weighted by molar-refractivity contribution is 5.96. The second-order valence-corrected chi connectivity index (χ2v) is 7.27. The summed E-state index contributed by atoms with van der Waals surface area (Å²) in [7, 11) is 0. The van der Waals surface area contributed by atoms with Gasteiger partial charge in [-0.15, -0.1) is 0 Å². The molecular formula is C18H20N4O3. The Bertz CT molecular complexity index is 721. The molecule has 1 aliphatic heterocycles. The molecule has 130 valence electrons. The molecule has 1 unspecified atom stereocenters. The normalized spacial score (nSPS) is 31.0. The van der Waals surface area contributed by atoms with Crippen molar-refractivity contribution >= 4 is 12.0 Å². The van der Waals surface area contributed by atoms with E-state index in [0.29, 0.717) is 18.3 Å². The van der Waals surface area contributed by atoms with Crippen molar-refractivity contribution in [3.8, 4) is 0 Å². The molecule has 0 bridgehead atoms. The minimum Gasteiger partial charge on any atom is -0.447 e. The Labute approximate surface area is 145 Å². The molecule has 3 aliphatic rings. The third-order valence-corrected chi connectivity index (χ3v) is 5.67. The van der Waals surface area contributed by atoms with Gasteiger partial charge in [0.25, 0.3) is 0 Å². The van der Waals surface area contributed by atoms with Crippen LogP contribution in [0.1, 0.15) is 24.8 Å². The van der Waals surface area contributed by atoms with Crippen molar-refractivity contribution in [3.63, 3.8) is 0 Å². The maximum Gasteiger partial charge on any atom is 0.416 e. The number of cyclic esters (lactones) is 1. The fourth-order valence-electron chi connectivity index (χ4n) is 4.33. The fourth-order valence-corrected chi connectivity index (χ4v) is 4.33. The number of carbonyl (C=O) groups is 2. The summed E-state index contributed by atoms with van der Waals surface area (Å²) in [5, 5.41) is 3.76. The summed E-state index contributed by atoms with van der Waals surface area (Å²) in [4.78, 5) is 29.2. The van der Waals surface area contributed by atoms with Crippen molar-refractivity contribution < 1.29 is 14.3 Å². The number of imide groups is 1. The van der Waals surface area contributed by atoms with Crippen LogP contribution in [0, 0.1) is 17.8 Å². The van der Waals surface area contributed by atoms with E-state index in [1.807, 2.05) is 30.3 Å². The van der Waals surface area contributed by atoms with Gasteiger partial charge in [0.1, 0.15) is 12.6 Å². The zero-order valence-electron chi connectivity index (χ0n) is 13.8. The number of nitrogens with zero attached hydrogens (tertiary/aromatic N) is 4. The average molecular weight is 340 g/mol. The van der Waals surface area contributed by atoms with Crippen molar-refractivity contribution in [1.29, 1.82) is 0 Å². The maximum atomic E-state index is 13.0. The highest BCUT2D eigenvalue weighted by atomic mass is 16.6. The van der Waals surface area contributed by atoms with Gasteiger partial charge in [-0.05, 0) is 54.5 Å². The van der Waals surface area contributed by atoms with Crippen molar-refractivity contribution in [2.24, 2.45) is 22.9 Å². The van der Waals surface area contributed by atoms with Crippen LogP contribution in [0.5, 0.6) is 0 Å². The van der Waals surface area contributed by atoms with Crippen LogP contribution < -0.4 is 0 Å². The first-order chi connectivity index (χ1) is 12.2. The average Bonchev–Trinajstić information content (AvgIpc) is 3.06. The van der Waals surface area contributed by atoms with Gasteiger partial charge in [-0.1, -0.05) is 35.4 Å². The largest absolute Gasteiger partial charge is 0.447 e. The first kappa shape index (κ1) is 16.0. The van der Waals surface area contributed by atoms with Gasteiger partial charge in [0.2, 0.25) is 5.91 Å². The third-order valence-electron chi connectivity index (χ3n) is 5.67. The lowest BCUT2D eigenvalue weighted by Crippen LogP contribution is -2.47. The van der Waals surface area contributed by atoms with E-state index in [0.717, 1.165) is 18.4 Å². The number of azide groups is 1. The lowest BCUT2D eigenvalue weighted by molar-refractivity contribution is -0.131. The molecule has 1 aromatic carbocycles. The number of benzene rings is 1. The van der Waals surface area contributed by atoms with E-state index in [-0.39, 0.29) is 18.6 Å². The Morgan fingerprint density at radius 1 is 1.28 bits per heavy atom. The number of carbonyl (C=O) groups excluding carboxylic acids is 2. The molecule has 2 amide bonds. The molecular weight excluding hydrogens is 320 g/mol. The Morgan fingerprint density at radius 2 is 2.00 bits per heavy atom. The van der Waals surface area contributed by atoms with Gasteiger partial charge in [0.15, 0.2) is 0 Å². The number of hydrogen-bond acceptors (Lipinski definition) is 4. The van der Waals surface area contributed by atoms with Gasteiger partial charge in [-0.2, -0.15) is 0 Å². The number of rotatable bonds is 5. The second kappa shape index (κ2) is 6.41. The van der Waals surface area contributed by atoms with Gasteiger partial charge in [-0.3, -0.25) is 4.79 Å². The minimum atomic E-state index is -0.804. The first-order valence-electron chi connectivity index (χ1n) is 8.75. The van der Waals surface area contributed by atoms with Crippen LogP contribution in [0.3, 0.4) is 0 Å². The highest BCUT2D eigenvalue weighted by Crippen LogP contribution is 2.55. The molecule has 1 aromatic rings. The Morgan fingerprint density at radius 3 is 2.68 bits per heavy atom. The zero-order valence-corrected chi connectivity index (χ0v) is 13.8. The molecule has 1 saturated heterocycles. The summed E-state index contributed by atoms with van der Waals surface area (Å²) in [6.07, 6.45) is 2.94. The van der Waals surface area contributed by atoms with E-state index in [2.05, 4.69) is 10.0 Å². The second-order valence-electron chi connectivity index (χ2n) is 7.27. The monoisotopic (exact) mass is 340 g/mol. The SMILES string of the molecule is [N-]=[N+]=NC(C(=O)N1C(=O)OC[C@@H]1Cc1ccccc1)[C@H]1C[C@@H]2C[C@@H]2C1. The zero-order chi connectivity index (χ0) is 17.4. The van der Waals surface area contributed by atoms with Crippen LogP contribution in [-0.2, 0) is 16.0 Å². The van der Waals surface area contributed by atoms with Crippen LogP contribution >= 0.6 is 0 Å². The number of fused-ring (bicyclic) bond motifs is 1. The van der Waals surface area contributed by atoms with E-state index >= 15 is 0 Å². The molecule has 4 rings (SSSR count). The van der Waals surface area contributed by atoms with E-state index in [9.17, 15) is 9.59 Å². The first-order valence-corrected chi connectivity index (χ1v) is 8.75. The highest BCUT2D eigenvalue weighted by Gasteiger charge is 2.51. The maximum absolute atomic E-state index is 13.0. The van der Waals surface area contributed by atoms with Crippen LogP contribution in [0.4, 0.5) is 4.79 Å². The number of ether oxygens (including phenoxy) is 1. The Hall–Kier alpha value is -2.53. The molecule has 7 heteroatoms. The lowest BCUT2D eigenvalue weighted by atomic mass is 9.93. The smallest absolute Gasteiger partial charge is 0.416 e. The minimum absolute atomic E-state index is 0.0397. The van der Waals surface area contributed by atoms with Crippen LogP contribution in [0.25, 0.3) is 10.4 Å². The van der Waals surface area contributed by atoms with E-state index in [4.69, 9.17) is 10.3 Å². The topological polar surface area (TPSA) is 95.4 Å². The van der Waals surface area contributed by atoms with Crippen molar-refractivity contribution in [2.75, 3.05) is 6.61 Å². The van der Waals surface area contributed by atoms with Crippen molar-refractivity contribution in [2.45, 2.75) is 37.8 Å². The number of amides is 2. The molecule has 0 aromatic heterocycles. The number of hydrogen-bond donors (Lipinski definition) is 0. The van der Waals surface area contributed by atoms with Gasteiger partial charge >= 0.3 is 6.09 Å². The summed E-state index contributed by atoms with van der Waals surface area (Å²) < 4.78 is 5.12. The Balaban J connectivity index is 1.52. The summed E-state index contributed by atoms with van der Waals surface area (Å²) in [5.74, 6) is 0.963. The van der Waals surface area contributed by atoms with Gasteiger partial charge in [-0.25, -0.2) is 9.69 Å². The molecule has 2 saturated carbocycles. The van der Waals surface area contributed by atoms with Crippen LogP contribution in [-0.4, -0.2) is 35.6 Å². The Kier molecular flexibility index (Phi) is 4.09. The molecule has 7 nitrogen and oxygen atoms in total. The molecule has 2 aliphatic carbocycles. The van der Waals surface area contributed by atoms with Gasteiger partial charge in [0, 0.05) is 4.91 Å². The van der Waals surface area contributed by atoms with E-state index in [1.54, 1.807) is 0 Å². The molecule has 25 heavy (non-hydrogen) atoms. The third kappa shape index (κ3) is 3.07. The standard InChI is InChI=1S/C18H20N4O3/c19-21-20-16(14-8-12-7-13(12)9-14)17(23)22-15(10-25-18(22)24)6-11-4-2-1-3-5-11/h1-5,12-16H,6-10H2/t12-,13+,14-,15-,16?/m0/s1. The van der Waals surface area contributed by atoms with Crippen LogP contribution in [0.15, 0.2) is 35.4 Å². The molecule has 0 radical (unpaired) electrons. The quantitative estimate of drug-likeness (QED) is 0.467. The molecule has 3 fully saturated rings. The summed E-state index contributed by atoms with van der Waals surface area (Å²) in [6, 6.07) is 8.53. The van der Waals surface area contributed by atoms with Crippen molar-refractivity contribution in [3.05, 3.63) is 46.3 Å².